The molecule has 2 aliphatic rings. The van der Waals surface area contributed by atoms with Gasteiger partial charge >= 0.3 is 0 Å². The van der Waals surface area contributed by atoms with Crippen molar-refractivity contribution >= 4 is 43.6 Å². The lowest BCUT2D eigenvalue weighted by Gasteiger charge is -2.22. The molecule has 0 radical (unpaired) electrons. The summed E-state index contributed by atoms with van der Waals surface area (Å²) >= 11 is 0. The maximum Gasteiger partial charge on any atom is 0.164 e. The number of hydrogen-bond acceptors (Lipinski definition) is 3. The van der Waals surface area contributed by atoms with Crippen molar-refractivity contribution in [3.8, 4) is 51.3 Å². The maximum atomic E-state index is 11.7. The van der Waals surface area contributed by atoms with E-state index in [-0.39, 0.29) is 10.8 Å². The number of hydrogen-bond donors (Lipinski definition) is 0. The highest BCUT2D eigenvalue weighted by Gasteiger charge is 2.40. The van der Waals surface area contributed by atoms with E-state index < -0.39 is 0 Å². The van der Waals surface area contributed by atoms with E-state index in [0.29, 0.717) is 23.0 Å². The van der Waals surface area contributed by atoms with Crippen LogP contribution in [0, 0.1) is 11.3 Å². The average molecular weight is 744 g/mol. The number of para-hydroxylation sites is 2. The van der Waals surface area contributed by atoms with Crippen molar-refractivity contribution in [3.05, 3.63) is 179 Å². The lowest BCUT2D eigenvalue weighted by molar-refractivity contribution is 0.660. The second kappa shape index (κ2) is 11.4. The minimum atomic E-state index is -0.209. The monoisotopic (exact) mass is 743 g/mol. The molecule has 0 aliphatic heterocycles. The second-order valence-electron chi connectivity index (χ2n) is 16.9. The molecule has 0 amide bonds. The van der Waals surface area contributed by atoms with Crippen LogP contribution in [0.25, 0.3) is 88.9 Å². The molecule has 3 heterocycles. The van der Waals surface area contributed by atoms with E-state index in [4.69, 9.17) is 9.97 Å². The van der Waals surface area contributed by atoms with Crippen molar-refractivity contribution < 1.29 is 0 Å². The summed E-state index contributed by atoms with van der Waals surface area (Å²) in [7, 11) is 0. The van der Waals surface area contributed by atoms with Crippen molar-refractivity contribution in [3.63, 3.8) is 0 Å². The molecule has 5 heteroatoms. The van der Waals surface area contributed by atoms with Crippen molar-refractivity contribution in [2.45, 2.75) is 38.5 Å². The number of nitrogens with zero attached hydrogens (tertiary/aromatic N) is 5. The molecule has 0 atom stereocenters. The van der Waals surface area contributed by atoms with Gasteiger partial charge in [0.05, 0.1) is 22.1 Å². The number of fused-ring (bicyclic) bond motifs is 14. The molecule has 0 saturated heterocycles. The Morgan fingerprint density at radius 2 is 0.879 bits per heavy atom. The van der Waals surface area contributed by atoms with E-state index in [1.54, 1.807) is 0 Å². The molecule has 0 spiro atoms. The number of rotatable bonds is 3. The molecule has 3 aromatic heterocycles. The van der Waals surface area contributed by atoms with E-state index in [1.807, 2.05) is 18.2 Å². The van der Waals surface area contributed by atoms with Gasteiger partial charge in [0.2, 0.25) is 0 Å². The second-order valence-corrected chi connectivity index (χ2v) is 16.9. The first-order chi connectivity index (χ1) is 28.3. The van der Waals surface area contributed by atoms with Crippen LogP contribution in [0.4, 0.5) is 0 Å². The molecular weight excluding hydrogens is 707 g/mol. The number of aromatic nitrogens is 4. The number of nitriles is 1. The highest BCUT2D eigenvalue weighted by atomic mass is 15.2. The summed E-state index contributed by atoms with van der Waals surface area (Å²) in [5.41, 5.74) is 14.9. The van der Waals surface area contributed by atoms with Gasteiger partial charge in [0.15, 0.2) is 17.5 Å². The molecule has 0 unspecified atom stereocenters. The van der Waals surface area contributed by atoms with Crippen LogP contribution in [0.5, 0.6) is 0 Å². The van der Waals surface area contributed by atoms with Crippen LogP contribution in [0.15, 0.2) is 152 Å². The number of benzene rings is 7. The van der Waals surface area contributed by atoms with E-state index in [1.165, 1.54) is 44.5 Å². The topological polar surface area (TPSA) is 59.4 Å². The molecule has 7 aromatic carbocycles. The molecule has 0 fully saturated rings. The first-order valence-electron chi connectivity index (χ1n) is 20.0. The van der Waals surface area contributed by atoms with Crippen molar-refractivity contribution in [1.29, 1.82) is 5.26 Å². The van der Waals surface area contributed by atoms with Crippen LogP contribution >= 0.6 is 0 Å². The van der Waals surface area contributed by atoms with Gasteiger partial charge < -0.3 is 0 Å². The normalized spacial score (nSPS) is 14.5. The van der Waals surface area contributed by atoms with Crippen LogP contribution in [0.2, 0.25) is 0 Å². The van der Waals surface area contributed by atoms with E-state index in [2.05, 4.69) is 176 Å². The summed E-state index contributed by atoms with van der Waals surface area (Å²) in [4.78, 5) is 10.9. The summed E-state index contributed by atoms with van der Waals surface area (Å²) in [6, 6.07) is 56.6. The lowest BCUT2D eigenvalue weighted by atomic mass is 9.82. The summed E-state index contributed by atoms with van der Waals surface area (Å²) in [5.74, 6) is 1.68. The predicted octanol–water partition coefficient (Wildman–Crippen LogP) is 12.8. The van der Waals surface area contributed by atoms with Crippen LogP contribution < -0.4 is 0 Å². The zero-order valence-electron chi connectivity index (χ0n) is 32.7. The maximum absolute atomic E-state index is 11.7. The third-order valence-electron chi connectivity index (χ3n) is 13.2. The highest BCUT2D eigenvalue weighted by Crippen LogP contribution is 2.55. The highest BCUT2D eigenvalue weighted by molar-refractivity contribution is 6.17. The molecule has 12 rings (SSSR count). The Labute approximate surface area is 336 Å². The Morgan fingerprint density at radius 3 is 1.36 bits per heavy atom. The molecular formula is C53H37N5. The average Bonchev–Trinajstić information content (AvgIpc) is 3.92. The third-order valence-corrected chi connectivity index (χ3v) is 13.2. The molecule has 0 saturated carbocycles. The summed E-state index contributed by atoms with van der Waals surface area (Å²) < 4.78 is 4.52. The van der Waals surface area contributed by atoms with Crippen LogP contribution in [-0.4, -0.2) is 19.1 Å². The zero-order valence-corrected chi connectivity index (χ0v) is 32.7. The van der Waals surface area contributed by atoms with E-state index in [9.17, 15) is 5.26 Å². The first-order valence-corrected chi connectivity index (χ1v) is 20.0. The SMILES string of the molecule is CC1(C)c2ccccc2-c2c1ccc1c3ccccc3n(-c3nc(-c4ccccc4)nc(-n4c5ccccc5c5ccc6c(c54)-c4ccccc4C6(C)C)c3C#N)c21. The van der Waals surface area contributed by atoms with Gasteiger partial charge in [0.1, 0.15) is 11.6 Å². The fourth-order valence-corrected chi connectivity index (χ4v) is 10.5. The fraction of sp³-hybridized carbons (Fsp3) is 0.113. The molecule has 2 aliphatic carbocycles. The molecule has 10 aromatic rings. The Morgan fingerprint density at radius 1 is 0.448 bits per heavy atom. The van der Waals surface area contributed by atoms with E-state index in [0.717, 1.165) is 49.2 Å². The Bertz CT molecular complexity index is 3260. The van der Waals surface area contributed by atoms with Crippen molar-refractivity contribution in [2.75, 3.05) is 0 Å². The molecule has 274 valence electrons. The Kier molecular flexibility index (Phi) is 6.47. The van der Waals surface area contributed by atoms with Crippen molar-refractivity contribution in [1.82, 2.24) is 19.1 Å². The van der Waals surface area contributed by atoms with Gasteiger partial charge in [0.25, 0.3) is 0 Å². The summed E-state index contributed by atoms with van der Waals surface area (Å²) in [5, 5.41) is 16.1. The standard InChI is InChI=1S/C53H37N5/c1-52(2)39-22-12-8-20-36(39)45-41(52)28-26-34-32-18-10-14-24-43(32)57(47(34)45)50-38(30-54)51(56-49(55-50)31-16-6-5-7-17-31)58-44-25-15-11-19-33(44)35-27-29-42-46(48(35)58)37-21-9-13-23-40(37)53(42,3)4/h5-29H,1-4H3. The molecule has 0 N–H and O–H groups in total. The quantitative estimate of drug-likeness (QED) is 0.181. The molecule has 58 heavy (non-hydrogen) atoms. The first kappa shape index (κ1) is 32.9. The van der Waals surface area contributed by atoms with Gasteiger partial charge in [0, 0.05) is 49.1 Å². The zero-order chi connectivity index (χ0) is 39.1. The molecule has 5 nitrogen and oxygen atoms in total. The van der Waals surface area contributed by atoms with Crippen LogP contribution in [-0.2, 0) is 10.8 Å². The predicted molar refractivity (Wildman–Crippen MR) is 236 cm³/mol. The Hall–Kier alpha value is -7.29. The van der Waals surface area contributed by atoms with Gasteiger partial charge in [-0.1, -0.05) is 167 Å². The third kappa shape index (κ3) is 4.09. The minimum absolute atomic E-state index is 0.209. The summed E-state index contributed by atoms with van der Waals surface area (Å²) in [6.45, 7) is 9.25. The summed E-state index contributed by atoms with van der Waals surface area (Å²) in [6.07, 6.45) is 0. The van der Waals surface area contributed by atoms with Gasteiger partial charge in [-0.2, -0.15) is 5.26 Å². The van der Waals surface area contributed by atoms with E-state index >= 15 is 0 Å². The van der Waals surface area contributed by atoms with Crippen LogP contribution in [0.3, 0.4) is 0 Å². The minimum Gasteiger partial charge on any atom is -0.292 e. The largest absolute Gasteiger partial charge is 0.292 e. The smallest absolute Gasteiger partial charge is 0.164 e. The fourth-order valence-electron chi connectivity index (χ4n) is 10.5. The van der Waals surface area contributed by atoms with Gasteiger partial charge in [-0.3, -0.25) is 9.13 Å². The molecule has 0 bridgehead atoms. The van der Waals surface area contributed by atoms with Gasteiger partial charge in [-0.05, 0) is 45.5 Å². The van der Waals surface area contributed by atoms with Crippen molar-refractivity contribution in [2.24, 2.45) is 0 Å². The lowest BCUT2D eigenvalue weighted by Crippen LogP contribution is -2.15. The van der Waals surface area contributed by atoms with Gasteiger partial charge in [-0.15, -0.1) is 0 Å². The Balaban J connectivity index is 1.29. The van der Waals surface area contributed by atoms with Crippen LogP contribution in [0.1, 0.15) is 55.5 Å². The van der Waals surface area contributed by atoms with Gasteiger partial charge in [-0.25, -0.2) is 9.97 Å².